The maximum Gasteiger partial charge on any atom is 0.262 e. The van der Waals surface area contributed by atoms with E-state index in [1.54, 1.807) is 35.3 Å². The number of rotatable bonds is 6. The number of nitrogens with one attached hydrogen (secondary N) is 1. The summed E-state index contributed by atoms with van der Waals surface area (Å²) in [7, 11) is 1.75. The lowest BCUT2D eigenvalue weighted by atomic mass is 10.1. The molecule has 1 amide bonds. The van der Waals surface area contributed by atoms with E-state index in [2.05, 4.69) is 10.3 Å². The Morgan fingerprint density at radius 3 is 2.93 bits per heavy atom. The zero-order chi connectivity index (χ0) is 20.5. The van der Waals surface area contributed by atoms with Crippen LogP contribution in [0.15, 0.2) is 34.5 Å². The Balaban J connectivity index is 1.58. The molecule has 1 unspecified atom stereocenters. The molecule has 4 rings (SSSR count). The molecule has 0 aromatic carbocycles. The van der Waals surface area contributed by atoms with Crippen LogP contribution in [0.5, 0.6) is 0 Å². The highest BCUT2D eigenvalue weighted by Crippen LogP contribution is 2.36. The molecular formula is C21H24N4O2S2. The van der Waals surface area contributed by atoms with Crippen LogP contribution in [0.25, 0.3) is 10.2 Å². The van der Waals surface area contributed by atoms with Gasteiger partial charge in [0, 0.05) is 30.9 Å². The molecule has 0 saturated heterocycles. The quantitative estimate of drug-likeness (QED) is 0.481. The Kier molecular flexibility index (Phi) is 5.74. The van der Waals surface area contributed by atoms with Crippen LogP contribution in [0.4, 0.5) is 0 Å². The molecule has 0 spiro atoms. The van der Waals surface area contributed by atoms with Gasteiger partial charge in [0.25, 0.3) is 5.56 Å². The molecule has 3 aromatic rings. The van der Waals surface area contributed by atoms with Gasteiger partial charge in [-0.1, -0.05) is 31.7 Å². The molecule has 1 aliphatic carbocycles. The summed E-state index contributed by atoms with van der Waals surface area (Å²) in [6.07, 6.45) is 6.56. The fourth-order valence-electron chi connectivity index (χ4n) is 3.61. The summed E-state index contributed by atoms with van der Waals surface area (Å²) in [6, 6.07) is 3.78. The van der Waals surface area contributed by atoms with Crippen molar-refractivity contribution >= 4 is 39.2 Å². The average Bonchev–Trinajstić information content (AvgIpc) is 3.29. The summed E-state index contributed by atoms with van der Waals surface area (Å²) in [4.78, 5) is 36.8. The van der Waals surface area contributed by atoms with E-state index in [0.29, 0.717) is 11.7 Å². The van der Waals surface area contributed by atoms with Crippen molar-refractivity contribution in [1.82, 2.24) is 19.9 Å². The Morgan fingerprint density at radius 2 is 2.21 bits per heavy atom. The van der Waals surface area contributed by atoms with E-state index in [1.165, 1.54) is 22.2 Å². The highest BCUT2D eigenvalue weighted by molar-refractivity contribution is 8.00. The third-order valence-corrected chi connectivity index (χ3v) is 7.97. The first kappa shape index (κ1) is 20.1. The smallest absolute Gasteiger partial charge is 0.262 e. The molecule has 152 valence electrons. The molecule has 1 aliphatic rings. The van der Waals surface area contributed by atoms with Gasteiger partial charge in [-0.2, -0.15) is 0 Å². The van der Waals surface area contributed by atoms with E-state index in [-0.39, 0.29) is 22.6 Å². The number of thioether (sulfide) groups is 1. The van der Waals surface area contributed by atoms with Crippen molar-refractivity contribution in [3.63, 3.8) is 0 Å². The molecule has 8 heteroatoms. The van der Waals surface area contributed by atoms with Crippen LogP contribution in [0.3, 0.4) is 0 Å². The molecule has 0 aliphatic heterocycles. The van der Waals surface area contributed by atoms with E-state index in [9.17, 15) is 9.59 Å². The summed E-state index contributed by atoms with van der Waals surface area (Å²) in [6.45, 7) is 4.45. The van der Waals surface area contributed by atoms with Crippen molar-refractivity contribution in [3.8, 4) is 0 Å². The van der Waals surface area contributed by atoms with Gasteiger partial charge >= 0.3 is 0 Å². The summed E-state index contributed by atoms with van der Waals surface area (Å²) < 4.78 is 1.60. The fourth-order valence-corrected chi connectivity index (χ4v) is 5.99. The summed E-state index contributed by atoms with van der Waals surface area (Å²) in [5, 5.41) is 4.02. The average molecular weight is 429 g/mol. The number of aromatic nitrogens is 3. The third-order valence-electron chi connectivity index (χ3n) is 5.19. The molecule has 3 heterocycles. The number of nitrogens with zero attached hydrogens (tertiary/aromatic N) is 3. The zero-order valence-electron chi connectivity index (χ0n) is 16.8. The number of amides is 1. The molecule has 0 bridgehead atoms. The number of aryl methyl sites for hydroxylation is 2. The highest BCUT2D eigenvalue weighted by Gasteiger charge is 2.27. The molecule has 6 nitrogen and oxygen atoms in total. The lowest BCUT2D eigenvalue weighted by molar-refractivity contribution is -0.121. The predicted octanol–water partition coefficient (Wildman–Crippen LogP) is 3.31. The van der Waals surface area contributed by atoms with Gasteiger partial charge in [-0.3, -0.25) is 19.1 Å². The topological polar surface area (TPSA) is 76.9 Å². The van der Waals surface area contributed by atoms with E-state index in [4.69, 9.17) is 4.98 Å². The minimum absolute atomic E-state index is 0.00447. The van der Waals surface area contributed by atoms with E-state index in [0.717, 1.165) is 35.0 Å². The molecular weight excluding hydrogens is 404 g/mol. The summed E-state index contributed by atoms with van der Waals surface area (Å²) in [5.74, 6) is 0.0340. The first-order valence-corrected chi connectivity index (χ1v) is 11.5. The van der Waals surface area contributed by atoms with Gasteiger partial charge in [-0.05, 0) is 42.4 Å². The Labute approximate surface area is 177 Å². The van der Waals surface area contributed by atoms with Crippen LogP contribution in [0, 0.1) is 5.92 Å². The second-order valence-electron chi connectivity index (χ2n) is 7.66. The number of carbonyl (C=O) groups excluding carboxylic acids is 1. The Bertz CT molecular complexity index is 1110. The van der Waals surface area contributed by atoms with Crippen LogP contribution < -0.4 is 10.9 Å². The molecule has 1 N–H and O–H groups in total. The second kappa shape index (κ2) is 8.28. The lowest BCUT2D eigenvalue weighted by Crippen LogP contribution is -2.36. The molecule has 29 heavy (non-hydrogen) atoms. The largest absolute Gasteiger partial charge is 0.351 e. The SMILES string of the molecule is CC(C)C(Sc1nc2sc3c(c2c(=O)n1C)CCC3)C(=O)NCc1cccnc1. The first-order valence-electron chi connectivity index (χ1n) is 9.80. The van der Waals surface area contributed by atoms with Crippen LogP contribution in [-0.4, -0.2) is 25.7 Å². The molecule has 0 radical (unpaired) electrons. The molecule has 0 fully saturated rings. The molecule has 1 atom stereocenters. The number of thiophene rings is 1. The van der Waals surface area contributed by atoms with Gasteiger partial charge in [0.2, 0.25) is 5.91 Å². The number of hydrogen-bond acceptors (Lipinski definition) is 6. The normalized spacial score (nSPS) is 14.3. The van der Waals surface area contributed by atoms with Gasteiger partial charge in [0.1, 0.15) is 4.83 Å². The summed E-state index contributed by atoms with van der Waals surface area (Å²) in [5.41, 5.74) is 2.13. The van der Waals surface area contributed by atoms with E-state index in [1.807, 2.05) is 26.0 Å². The van der Waals surface area contributed by atoms with Crippen molar-refractivity contribution in [2.24, 2.45) is 13.0 Å². The van der Waals surface area contributed by atoms with Gasteiger partial charge in [-0.15, -0.1) is 11.3 Å². The van der Waals surface area contributed by atoms with Crippen molar-refractivity contribution in [2.75, 3.05) is 0 Å². The van der Waals surface area contributed by atoms with Gasteiger partial charge in [-0.25, -0.2) is 4.98 Å². The Hall–Kier alpha value is -2.19. The van der Waals surface area contributed by atoms with Crippen LogP contribution in [0.2, 0.25) is 0 Å². The van der Waals surface area contributed by atoms with Crippen molar-refractivity contribution in [1.29, 1.82) is 0 Å². The van der Waals surface area contributed by atoms with Gasteiger partial charge < -0.3 is 5.32 Å². The highest BCUT2D eigenvalue weighted by atomic mass is 32.2. The van der Waals surface area contributed by atoms with Crippen molar-refractivity contribution in [3.05, 3.63) is 50.9 Å². The maximum absolute atomic E-state index is 13.0. The number of pyridine rings is 1. The summed E-state index contributed by atoms with van der Waals surface area (Å²) >= 11 is 3.00. The first-order chi connectivity index (χ1) is 14.0. The van der Waals surface area contributed by atoms with Crippen LogP contribution in [0.1, 0.15) is 36.3 Å². The monoisotopic (exact) mass is 428 g/mol. The Morgan fingerprint density at radius 1 is 1.38 bits per heavy atom. The lowest BCUT2D eigenvalue weighted by Gasteiger charge is -2.20. The van der Waals surface area contributed by atoms with E-state index >= 15 is 0 Å². The number of hydrogen-bond donors (Lipinski definition) is 1. The van der Waals surface area contributed by atoms with Crippen molar-refractivity contribution < 1.29 is 4.79 Å². The van der Waals surface area contributed by atoms with Gasteiger partial charge in [0.15, 0.2) is 5.16 Å². The van der Waals surface area contributed by atoms with Crippen LogP contribution in [-0.2, 0) is 31.2 Å². The number of carbonyl (C=O) groups is 1. The fraction of sp³-hybridized carbons (Fsp3) is 0.429. The standard InChI is InChI=1S/C21H24N4O2S2/c1-12(2)17(18(26)23-11-13-6-5-9-22-10-13)29-21-24-19-16(20(27)25(21)3)14-7-4-8-15(14)28-19/h5-6,9-10,12,17H,4,7-8,11H2,1-3H3,(H,23,26). The molecule has 3 aromatic heterocycles. The zero-order valence-corrected chi connectivity index (χ0v) is 18.4. The molecule has 0 saturated carbocycles. The van der Waals surface area contributed by atoms with Crippen molar-refractivity contribution in [2.45, 2.75) is 50.1 Å². The number of fused-ring (bicyclic) bond motifs is 3. The predicted molar refractivity (Wildman–Crippen MR) is 117 cm³/mol. The second-order valence-corrected chi connectivity index (χ2v) is 9.85. The minimum atomic E-state index is -0.339. The van der Waals surface area contributed by atoms with Crippen LogP contribution >= 0.6 is 23.1 Å². The third kappa shape index (κ3) is 3.96. The maximum atomic E-state index is 13.0. The minimum Gasteiger partial charge on any atom is -0.351 e. The van der Waals surface area contributed by atoms with E-state index < -0.39 is 0 Å². The van der Waals surface area contributed by atoms with Gasteiger partial charge in [0.05, 0.1) is 10.6 Å².